The lowest BCUT2D eigenvalue weighted by molar-refractivity contribution is -0.116. The van der Waals surface area contributed by atoms with Crippen molar-refractivity contribution in [2.75, 3.05) is 5.32 Å². The highest BCUT2D eigenvalue weighted by molar-refractivity contribution is 7.89. The van der Waals surface area contributed by atoms with Gasteiger partial charge in [-0.15, -0.1) is 0 Å². The van der Waals surface area contributed by atoms with Gasteiger partial charge in [0.05, 0.1) is 5.69 Å². The number of rotatable bonds is 11. The van der Waals surface area contributed by atoms with Crippen molar-refractivity contribution < 1.29 is 27.9 Å². The van der Waals surface area contributed by atoms with E-state index in [0.717, 1.165) is 5.56 Å². The molecule has 0 aliphatic carbocycles. The van der Waals surface area contributed by atoms with Gasteiger partial charge in [-0.2, -0.15) is 9.78 Å². The molecule has 1 heterocycles. The molecule has 0 fully saturated rings. The number of nitrogens with one attached hydrogen (secondary N) is 2. The standard InChI is InChI=1S/C27H34N4O6S/c1-7-18(5)30-38(35,36)23-15-20(28-24(32)14-16(2)3)10-13-22(23)37-26-19(6)25(27(33)34)29-31(26)21-11-8-17(4)9-12-21/h8-13,15-16,18,30H,7,14H2,1-6H3,(H,28,32)(H,33,34). The highest BCUT2D eigenvalue weighted by Gasteiger charge is 2.27. The molecule has 0 saturated heterocycles. The molecule has 0 aliphatic heterocycles. The van der Waals surface area contributed by atoms with Gasteiger partial charge in [0.2, 0.25) is 21.8 Å². The molecule has 10 nitrogen and oxygen atoms in total. The number of carboxylic acids is 1. The number of benzene rings is 2. The van der Waals surface area contributed by atoms with E-state index in [4.69, 9.17) is 4.74 Å². The zero-order chi connectivity index (χ0) is 28.2. The summed E-state index contributed by atoms with van der Waals surface area (Å²) in [4.78, 5) is 24.0. The van der Waals surface area contributed by atoms with Gasteiger partial charge in [0.1, 0.15) is 10.6 Å². The van der Waals surface area contributed by atoms with Crippen LogP contribution in [0.25, 0.3) is 5.69 Å². The topological polar surface area (TPSA) is 140 Å². The predicted molar refractivity (Wildman–Crippen MR) is 145 cm³/mol. The van der Waals surface area contributed by atoms with Crippen molar-refractivity contribution in [3.8, 4) is 17.3 Å². The second-order valence-corrected chi connectivity index (χ2v) is 11.4. The Morgan fingerprint density at radius 1 is 1.08 bits per heavy atom. The summed E-state index contributed by atoms with van der Waals surface area (Å²) in [5.74, 6) is -1.35. The first-order chi connectivity index (χ1) is 17.8. The molecule has 2 aromatic carbocycles. The number of hydrogen-bond acceptors (Lipinski definition) is 6. The van der Waals surface area contributed by atoms with Gasteiger partial charge in [-0.1, -0.05) is 38.5 Å². The molecule has 0 radical (unpaired) electrons. The largest absolute Gasteiger partial charge is 0.476 e. The first kappa shape index (κ1) is 28.9. The number of aryl methyl sites for hydroxylation is 1. The number of sulfonamides is 1. The van der Waals surface area contributed by atoms with Crippen LogP contribution >= 0.6 is 0 Å². The average Bonchev–Trinajstić information content (AvgIpc) is 3.15. The van der Waals surface area contributed by atoms with Gasteiger partial charge in [0.15, 0.2) is 5.69 Å². The molecule has 38 heavy (non-hydrogen) atoms. The van der Waals surface area contributed by atoms with Gasteiger partial charge in [-0.3, -0.25) is 4.79 Å². The molecule has 204 valence electrons. The number of aromatic nitrogens is 2. The van der Waals surface area contributed by atoms with Crippen LogP contribution in [0.3, 0.4) is 0 Å². The highest BCUT2D eigenvalue weighted by atomic mass is 32.2. The molecule has 1 amide bonds. The number of nitrogens with zero attached hydrogens (tertiary/aromatic N) is 2. The van der Waals surface area contributed by atoms with E-state index in [9.17, 15) is 23.1 Å². The van der Waals surface area contributed by atoms with E-state index >= 15 is 0 Å². The van der Waals surface area contributed by atoms with Crippen molar-refractivity contribution in [2.24, 2.45) is 5.92 Å². The Morgan fingerprint density at radius 2 is 1.74 bits per heavy atom. The van der Waals surface area contributed by atoms with Crippen LogP contribution in [0.4, 0.5) is 5.69 Å². The monoisotopic (exact) mass is 542 g/mol. The van der Waals surface area contributed by atoms with Crippen LogP contribution in [-0.2, 0) is 14.8 Å². The quantitative estimate of drug-likeness (QED) is 0.308. The molecule has 0 saturated carbocycles. The fourth-order valence-corrected chi connectivity index (χ4v) is 5.12. The van der Waals surface area contributed by atoms with E-state index in [0.29, 0.717) is 17.8 Å². The normalized spacial score (nSPS) is 12.4. The van der Waals surface area contributed by atoms with Gasteiger partial charge in [-0.25, -0.2) is 17.9 Å². The van der Waals surface area contributed by atoms with Crippen LogP contribution in [0.15, 0.2) is 47.4 Å². The van der Waals surface area contributed by atoms with E-state index in [2.05, 4.69) is 15.1 Å². The molecule has 3 aromatic rings. The molecular formula is C27H34N4O6S. The van der Waals surface area contributed by atoms with Gasteiger partial charge in [-0.05, 0) is 63.4 Å². The molecule has 0 bridgehead atoms. The van der Waals surface area contributed by atoms with Gasteiger partial charge in [0, 0.05) is 23.7 Å². The smallest absolute Gasteiger partial charge is 0.356 e. The molecule has 1 aromatic heterocycles. The van der Waals surface area contributed by atoms with Crippen molar-refractivity contribution in [1.29, 1.82) is 0 Å². The third kappa shape index (κ3) is 6.78. The van der Waals surface area contributed by atoms with Crippen LogP contribution < -0.4 is 14.8 Å². The average molecular weight is 543 g/mol. The fraction of sp³-hybridized carbons (Fsp3) is 0.370. The van der Waals surface area contributed by atoms with Gasteiger partial charge < -0.3 is 15.2 Å². The minimum absolute atomic E-state index is 0.0454. The van der Waals surface area contributed by atoms with Crippen molar-refractivity contribution in [1.82, 2.24) is 14.5 Å². The Kier molecular flexibility index (Phi) is 8.95. The van der Waals surface area contributed by atoms with Crippen molar-refractivity contribution >= 4 is 27.6 Å². The molecular weight excluding hydrogens is 508 g/mol. The van der Waals surface area contributed by atoms with Gasteiger partial charge >= 0.3 is 5.97 Å². The van der Waals surface area contributed by atoms with E-state index in [1.807, 2.05) is 39.8 Å². The fourth-order valence-electron chi connectivity index (χ4n) is 3.64. The van der Waals surface area contributed by atoms with Crippen molar-refractivity contribution in [3.05, 3.63) is 59.3 Å². The molecule has 1 unspecified atom stereocenters. The number of amides is 1. The number of aromatic carboxylic acids is 1. The molecule has 0 aliphatic rings. The van der Waals surface area contributed by atoms with Crippen molar-refractivity contribution in [2.45, 2.75) is 65.3 Å². The molecule has 1 atom stereocenters. The van der Waals surface area contributed by atoms with Crippen LogP contribution in [0.2, 0.25) is 0 Å². The second-order valence-electron chi connectivity index (χ2n) is 9.67. The summed E-state index contributed by atoms with van der Waals surface area (Å²) in [5.41, 5.74) is 1.84. The third-order valence-electron chi connectivity index (χ3n) is 5.84. The zero-order valence-electron chi connectivity index (χ0n) is 22.4. The summed E-state index contributed by atoms with van der Waals surface area (Å²) in [6.07, 6.45) is 0.833. The van der Waals surface area contributed by atoms with Crippen molar-refractivity contribution in [3.63, 3.8) is 0 Å². The maximum Gasteiger partial charge on any atom is 0.356 e. The minimum Gasteiger partial charge on any atom is -0.476 e. The number of ether oxygens (including phenoxy) is 1. The summed E-state index contributed by atoms with van der Waals surface area (Å²) < 4.78 is 36.9. The SMILES string of the molecule is CCC(C)NS(=O)(=O)c1cc(NC(=O)CC(C)C)ccc1Oc1c(C)c(C(=O)O)nn1-c1ccc(C)cc1. The molecule has 3 N–H and O–H groups in total. The summed E-state index contributed by atoms with van der Waals surface area (Å²) >= 11 is 0. The second kappa shape index (κ2) is 11.8. The van der Waals surface area contributed by atoms with E-state index in [-0.39, 0.29) is 52.1 Å². The summed E-state index contributed by atoms with van der Waals surface area (Å²) in [5, 5.41) is 16.6. The number of hydrogen-bond donors (Lipinski definition) is 3. The lowest BCUT2D eigenvalue weighted by Gasteiger charge is -2.18. The Hall–Kier alpha value is -3.70. The molecule has 11 heteroatoms. The molecule has 3 rings (SSSR count). The van der Waals surface area contributed by atoms with Crippen LogP contribution in [-0.4, -0.2) is 41.2 Å². The third-order valence-corrected chi connectivity index (χ3v) is 7.45. The first-order valence-corrected chi connectivity index (χ1v) is 13.8. The predicted octanol–water partition coefficient (Wildman–Crippen LogP) is 5.04. The Balaban J connectivity index is 2.14. The number of carbonyl (C=O) groups excluding carboxylic acids is 1. The van der Waals surface area contributed by atoms with E-state index in [1.54, 1.807) is 26.0 Å². The lowest BCUT2D eigenvalue weighted by atomic mass is 10.1. The number of carbonyl (C=O) groups is 2. The first-order valence-electron chi connectivity index (χ1n) is 12.4. The maximum atomic E-state index is 13.4. The summed E-state index contributed by atoms with van der Waals surface area (Å²) in [6, 6.07) is 11.2. The van der Waals surface area contributed by atoms with Crippen LogP contribution in [0.5, 0.6) is 11.6 Å². The number of carboxylic acid groups (broad SMARTS) is 1. The van der Waals surface area contributed by atoms with Crippen LogP contribution in [0, 0.1) is 19.8 Å². The summed E-state index contributed by atoms with van der Waals surface area (Å²) in [6.45, 7) is 10.9. The maximum absolute atomic E-state index is 13.4. The number of anilines is 1. The Labute approximate surface area is 223 Å². The Bertz CT molecular complexity index is 1430. The highest BCUT2D eigenvalue weighted by Crippen LogP contribution is 2.35. The van der Waals surface area contributed by atoms with E-state index < -0.39 is 16.0 Å². The minimum atomic E-state index is -4.08. The van der Waals surface area contributed by atoms with E-state index in [1.165, 1.54) is 22.9 Å². The molecule has 0 spiro atoms. The Morgan fingerprint density at radius 3 is 2.32 bits per heavy atom. The lowest BCUT2D eigenvalue weighted by Crippen LogP contribution is -2.32. The summed E-state index contributed by atoms with van der Waals surface area (Å²) in [7, 11) is -4.08. The van der Waals surface area contributed by atoms with Gasteiger partial charge in [0.25, 0.3) is 0 Å². The van der Waals surface area contributed by atoms with Crippen LogP contribution in [0.1, 0.15) is 62.2 Å². The zero-order valence-corrected chi connectivity index (χ0v) is 23.2.